The first-order valence-corrected chi connectivity index (χ1v) is 11.9. The first kappa shape index (κ1) is 23.1. The molecule has 0 fully saturated rings. The van der Waals surface area contributed by atoms with Crippen LogP contribution in [0.4, 0.5) is 0 Å². The van der Waals surface area contributed by atoms with Gasteiger partial charge in [0, 0.05) is 25.5 Å². The molecule has 4 aromatic rings. The van der Waals surface area contributed by atoms with Crippen molar-refractivity contribution in [3.63, 3.8) is 0 Å². The fourth-order valence-electron chi connectivity index (χ4n) is 4.32. The number of pyridine rings is 1. The van der Waals surface area contributed by atoms with Gasteiger partial charge in [0.25, 0.3) is 0 Å². The Morgan fingerprint density at radius 2 is 2.11 bits per heavy atom. The molecule has 184 valence electrons. The summed E-state index contributed by atoms with van der Waals surface area (Å²) >= 11 is 0. The number of H-pyrrole nitrogens is 1. The maximum atomic E-state index is 9.66. The lowest BCUT2D eigenvalue weighted by Gasteiger charge is -2.21. The molecule has 0 radical (unpaired) electrons. The first-order valence-electron chi connectivity index (χ1n) is 11.9. The molecule has 2 N–H and O–H groups in total. The molecular formula is C24H30N8O3. The van der Waals surface area contributed by atoms with Gasteiger partial charge in [0.05, 0.1) is 65.9 Å². The number of aromatic nitrogens is 7. The first-order chi connectivity index (χ1) is 17.1. The third-order valence-corrected chi connectivity index (χ3v) is 6.17. The fraction of sp³-hybridized carbons (Fsp3) is 0.417. The smallest absolute Gasteiger partial charge is 0.240 e. The van der Waals surface area contributed by atoms with Gasteiger partial charge in [-0.05, 0) is 31.7 Å². The summed E-state index contributed by atoms with van der Waals surface area (Å²) < 4.78 is 15.7. The summed E-state index contributed by atoms with van der Waals surface area (Å²) in [5.74, 6) is 1.22. The summed E-state index contributed by atoms with van der Waals surface area (Å²) in [4.78, 5) is 6.90. The van der Waals surface area contributed by atoms with Crippen LogP contribution in [-0.4, -0.2) is 77.7 Å². The number of likely N-dealkylation sites (N-methyl/N-ethyl adjacent to an activating group) is 1. The topological polar surface area (TPSA) is 119 Å². The van der Waals surface area contributed by atoms with Gasteiger partial charge in [-0.2, -0.15) is 10.2 Å². The third-order valence-electron chi connectivity index (χ3n) is 6.17. The Hall–Kier alpha value is -3.70. The van der Waals surface area contributed by atoms with E-state index in [-0.39, 0.29) is 6.61 Å². The number of nitrogens with one attached hydrogen (secondary N) is 1. The highest BCUT2D eigenvalue weighted by Crippen LogP contribution is 2.32. The molecule has 0 saturated carbocycles. The molecule has 5 rings (SSSR count). The summed E-state index contributed by atoms with van der Waals surface area (Å²) in [5.41, 5.74) is 5.07. The zero-order valence-corrected chi connectivity index (χ0v) is 20.2. The molecule has 0 spiro atoms. The highest BCUT2D eigenvalue weighted by atomic mass is 16.5. The van der Waals surface area contributed by atoms with Crippen LogP contribution >= 0.6 is 0 Å². The molecule has 0 atom stereocenters. The number of ether oxygens (including phenoxy) is 2. The van der Waals surface area contributed by atoms with Crippen LogP contribution in [-0.2, 0) is 20.1 Å². The number of fused-ring (bicyclic) bond motifs is 4. The Labute approximate surface area is 203 Å². The molecule has 4 aromatic heterocycles. The number of hydrogen-bond acceptors (Lipinski definition) is 8. The van der Waals surface area contributed by atoms with E-state index in [9.17, 15) is 5.11 Å². The molecule has 0 aliphatic carbocycles. The second kappa shape index (κ2) is 9.88. The Balaban J connectivity index is 1.67. The molecule has 1 aliphatic heterocycles. The van der Waals surface area contributed by atoms with Crippen molar-refractivity contribution in [1.82, 2.24) is 39.6 Å². The average Bonchev–Trinajstić information content (AvgIpc) is 3.53. The van der Waals surface area contributed by atoms with E-state index in [1.165, 1.54) is 0 Å². The fourth-order valence-corrected chi connectivity index (χ4v) is 4.32. The Morgan fingerprint density at radius 3 is 2.91 bits per heavy atom. The molecule has 11 heteroatoms. The number of aliphatic hydroxyl groups excluding tert-OH is 1. The van der Waals surface area contributed by atoms with Crippen molar-refractivity contribution in [3.8, 4) is 23.0 Å². The van der Waals surface area contributed by atoms with E-state index >= 15 is 0 Å². The van der Waals surface area contributed by atoms with Crippen molar-refractivity contribution in [2.75, 3.05) is 32.9 Å². The predicted molar refractivity (Wildman–Crippen MR) is 132 cm³/mol. The van der Waals surface area contributed by atoms with Crippen LogP contribution in [0.2, 0.25) is 0 Å². The SMILES string of the molecule is CCOc1nn(CCO)c2c1/C=C/c1n[nH]c3cnc(cc13)-c1cnn(C)c1OCCN(CC)C2. The van der Waals surface area contributed by atoms with Gasteiger partial charge < -0.3 is 14.6 Å². The summed E-state index contributed by atoms with van der Waals surface area (Å²) in [7, 11) is 1.87. The van der Waals surface area contributed by atoms with Gasteiger partial charge in [0.2, 0.25) is 11.8 Å². The Kier molecular flexibility index (Phi) is 6.51. The van der Waals surface area contributed by atoms with Gasteiger partial charge in [-0.3, -0.25) is 19.7 Å². The van der Waals surface area contributed by atoms with E-state index in [0.717, 1.165) is 45.7 Å². The normalized spacial score (nSPS) is 15.3. The highest BCUT2D eigenvalue weighted by molar-refractivity contribution is 5.91. The zero-order chi connectivity index (χ0) is 24.4. The van der Waals surface area contributed by atoms with E-state index < -0.39 is 0 Å². The zero-order valence-electron chi connectivity index (χ0n) is 20.2. The van der Waals surface area contributed by atoms with E-state index in [4.69, 9.17) is 9.47 Å². The van der Waals surface area contributed by atoms with Crippen LogP contribution < -0.4 is 9.47 Å². The highest BCUT2D eigenvalue weighted by Gasteiger charge is 2.21. The quantitative estimate of drug-likeness (QED) is 0.449. The lowest BCUT2D eigenvalue weighted by Crippen LogP contribution is -2.29. The maximum Gasteiger partial charge on any atom is 0.240 e. The second-order valence-electron chi connectivity index (χ2n) is 8.31. The molecule has 11 nitrogen and oxygen atoms in total. The summed E-state index contributed by atoms with van der Waals surface area (Å²) in [6.45, 7) is 7.55. The van der Waals surface area contributed by atoms with Gasteiger partial charge in [-0.15, -0.1) is 5.10 Å². The van der Waals surface area contributed by atoms with E-state index in [0.29, 0.717) is 44.6 Å². The van der Waals surface area contributed by atoms with Crippen LogP contribution in [0, 0.1) is 0 Å². The Bertz CT molecular complexity index is 1350. The Morgan fingerprint density at radius 1 is 1.23 bits per heavy atom. The van der Waals surface area contributed by atoms with Gasteiger partial charge in [0.15, 0.2) is 0 Å². The second-order valence-corrected chi connectivity index (χ2v) is 8.31. The number of aliphatic hydroxyl groups is 1. The molecule has 2 bridgehead atoms. The van der Waals surface area contributed by atoms with Crippen LogP contribution in [0.25, 0.3) is 34.3 Å². The summed E-state index contributed by atoms with van der Waals surface area (Å²) in [6.07, 6.45) is 7.52. The van der Waals surface area contributed by atoms with Crippen LogP contribution in [0.15, 0.2) is 18.5 Å². The van der Waals surface area contributed by atoms with Crippen molar-refractivity contribution in [3.05, 3.63) is 35.4 Å². The van der Waals surface area contributed by atoms with Crippen LogP contribution in [0.3, 0.4) is 0 Å². The van der Waals surface area contributed by atoms with E-state index in [2.05, 4.69) is 37.2 Å². The number of rotatable bonds is 5. The van der Waals surface area contributed by atoms with E-state index in [1.807, 2.05) is 36.9 Å². The van der Waals surface area contributed by atoms with Crippen LogP contribution in [0.5, 0.6) is 11.8 Å². The maximum absolute atomic E-state index is 9.66. The largest absolute Gasteiger partial charge is 0.476 e. The standard InChI is InChI=1S/C24H30N8O3/c1-4-31-9-11-35-24-18(13-26-30(24)3)20-12-17-19(27-28-21(17)14-25-20)7-6-16-22(15-31)32(8-10-33)29-23(16)34-5-2/h6-7,12-14,33H,4-5,8-11,15H2,1-3H3,(H,27,28)/b7-6+. The molecule has 0 unspecified atom stereocenters. The van der Waals surface area contributed by atoms with Gasteiger partial charge in [0.1, 0.15) is 6.61 Å². The number of aryl methyl sites for hydroxylation is 1. The van der Waals surface area contributed by atoms with E-state index in [1.54, 1.807) is 17.1 Å². The summed E-state index contributed by atoms with van der Waals surface area (Å²) in [6, 6.07) is 2.00. The average molecular weight is 479 g/mol. The molecule has 5 heterocycles. The lowest BCUT2D eigenvalue weighted by atomic mass is 10.1. The van der Waals surface area contributed by atoms with Crippen molar-refractivity contribution < 1.29 is 14.6 Å². The third kappa shape index (κ3) is 4.40. The number of aromatic amines is 1. The van der Waals surface area contributed by atoms with Gasteiger partial charge in [-0.1, -0.05) is 6.92 Å². The van der Waals surface area contributed by atoms with Gasteiger partial charge in [-0.25, -0.2) is 4.68 Å². The summed E-state index contributed by atoms with van der Waals surface area (Å²) in [5, 5.41) is 27.2. The number of nitrogens with zero attached hydrogens (tertiary/aromatic N) is 7. The minimum absolute atomic E-state index is 0.0122. The van der Waals surface area contributed by atoms with Crippen molar-refractivity contribution in [2.45, 2.75) is 26.9 Å². The molecular weight excluding hydrogens is 448 g/mol. The lowest BCUT2D eigenvalue weighted by molar-refractivity contribution is 0.195. The van der Waals surface area contributed by atoms with Crippen molar-refractivity contribution >= 4 is 23.1 Å². The minimum Gasteiger partial charge on any atom is -0.476 e. The molecule has 0 amide bonds. The van der Waals surface area contributed by atoms with Crippen LogP contribution in [0.1, 0.15) is 30.8 Å². The molecule has 1 aliphatic rings. The van der Waals surface area contributed by atoms with Gasteiger partial charge >= 0.3 is 0 Å². The molecule has 35 heavy (non-hydrogen) atoms. The molecule has 0 aromatic carbocycles. The monoisotopic (exact) mass is 478 g/mol. The predicted octanol–water partition coefficient (Wildman–Crippen LogP) is 2.33. The minimum atomic E-state index is -0.0122. The number of hydrogen-bond donors (Lipinski definition) is 2. The molecule has 0 saturated heterocycles. The van der Waals surface area contributed by atoms with Crippen molar-refractivity contribution in [2.24, 2.45) is 7.05 Å². The van der Waals surface area contributed by atoms with Crippen molar-refractivity contribution in [1.29, 1.82) is 0 Å².